The van der Waals surface area contributed by atoms with Crippen molar-refractivity contribution >= 4 is 15.9 Å². The Kier molecular flexibility index (Phi) is 6.90. The molecule has 0 fully saturated rings. The van der Waals surface area contributed by atoms with Crippen LogP contribution >= 0.6 is 15.9 Å². The van der Waals surface area contributed by atoms with Gasteiger partial charge in [0.05, 0.1) is 6.61 Å². The summed E-state index contributed by atoms with van der Waals surface area (Å²) in [5.41, 5.74) is 1.71. The molecule has 0 aliphatic heterocycles. The number of nitrogens with one attached hydrogen (secondary N) is 1. The number of rotatable bonds is 8. The van der Waals surface area contributed by atoms with Gasteiger partial charge in [-0.3, -0.25) is 0 Å². The standard InChI is InChI=1S/C15H24BrNO/c1-4-15(2,12-17-9-10-18-3)11-13-5-7-14(16)8-6-13/h5-8,17H,4,9-12H2,1-3H3. The summed E-state index contributed by atoms with van der Waals surface area (Å²) in [7, 11) is 1.74. The molecule has 3 heteroatoms. The van der Waals surface area contributed by atoms with E-state index >= 15 is 0 Å². The van der Waals surface area contributed by atoms with E-state index in [0.717, 1.165) is 30.6 Å². The summed E-state index contributed by atoms with van der Waals surface area (Å²) >= 11 is 3.48. The number of hydrogen-bond donors (Lipinski definition) is 1. The molecule has 2 nitrogen and oxygen atoms in total. The van der Waals surface area contributed by atoms with E-state index in [-0.39, 0.29) is 0 Å². The zero-order chi connectivity index (χ0) is 13.4. The average molecular weight is 314 g/mol. The normalized spacial score (nSPS) is 14.4. The summed E-state index contributed by atoms with van der Waals surface area (Å²) in [6.45, 7) is 7.33. The predicted octanol–water partition coefficient (Wildman–Crippen LogP) is 3.64. The molecular formula is C15H24BrNO. The lowest BCUT2D eigenvalue weighted by Gasteiger charge is -2.29. The molecule has 1 aromatic rings. The van der Waals surface area contributed by atoms with E-state index < -0.39 is 0 Å². The molecule has 0 aliphatic carbocycles. The lowest BCUT2D eigenvalue weighted by atomic mass is 9.81. The minimum Gasteiger partial charge on any atom is -0.383 e. The maximum Gasteiger partial charge on any atom is 0.0587 e. The molecule has 0 bridgehead atoms. The van der Waals surface area contributed by atoms with Crippen LogP contribution in [0, 0.1) is 5.41 Å². The van der Waals surface area contributed by atoms with Crippen LogP contribution in [-0.4, -0.2) is 26.8 Å². The van der Waals surface area contributed by atoms with E-state index in [0.29, 0.717) is 5.41 Å². The molecule has 0 amide bonds. The molecule has 1 atom stereocenters. The second-order valence-electron chi connectivity index (χ2n) is 5.14. The Morgan fingerprint density at radius 2 is 1.94 bits per heavy atom. The van der Waals surface area contributed by atoms with Gasteiger partial charge >= 0.3 is 0 Å². The van der Waals surface area contributed by atoms with Gasteiger partial charge < -0.3 is 10.1 Å². The third kappa shape index (κ3) is 5.51. The van der Waals surface area contributed by atoms with E-state index in [4.69, 9.17) is 4.74 Å². The molecule has 0 aromatic heterocycles. The molecule has 0 heterocycles. The molecule has 0 saturated carbocycles. The van der Waals surface area contributed by atoms with Gasteiger partial charge in [0.1, 0.15) is 0 Å². The summed E-state index contributed by atoms with van der Waals surface area (Å²) in [5, 5.41) is 3.48. The van der Waals surface area contributed by atoms with Crippen LogP contribution in [0.25, 0.3) is 0 Å². The van der Waals surface area contributed by atoms with Gasteiger partial charge in [-0.2, -0.15) is 0 Å². The van der Waals surface area contributed by atoms with Crippen LogP contribution in [0.4, 0.5) is 0 Å². The first kappa shape index (κ1) is 15.7. The SMILES string of the molecule is CCC(C)(CNCCOC)Cc1ccc(Br)cc1. The van der Waals surface area contributed by atoms with Gasteiger partial charge in [-0.25, -0.2) is 0 Å². The molecule has 0 aliphatic rings. The van der Waals surface area contributed by atoms with Crippen LogP contribution in [0.3, 0.4) is 0 Å². The Hall–Kier alpha value is -0.380. The highest BCUT2D eigenvalue weighted by Crippen LogP contribution is 2.26. The first-order valence-electron chi connectivity index (χ1n) is 6.54. The molecule has 1 N–H and O–H groups in total. The lowest BCUT2D eigenvalue weighted by Crippen LogP contribution is -2.34. The lowest BCUT2D eigenvalue weighted by molar-refractivity contribution is 0.191. The van der Waals surface area contributed by atoms with Crippen molar-refractivity contribution in [3.8, 4) is 0 Å². The molecule has 0 radical (unpaired) electrons. The molecule has 0 spiro atoms. The minimum absolute atomic E-state index is 0.307. The molecular weight excluding hydrogens is 290 g/mol. The maximum atomic E-state index is 5.05. The fraction of sp³-hybridized carbons (Fsp3) is 0.600. The van der Waals surface area contributed by atoms with E-state index in [1.165, 1.54) is 12.0 Å². The van der Waals surface area contributed by atoms with Crippen molar-refractivity contribution in [3.63, 3.8) is 0 Å². The van der Waals surface area contributed by atoms with Crippen LogP contribution in [-0.2, 0) is 11.2 Å². The van der Waals surface area contributed by atoms with Crippen LogP contribution in [0.2, 0.25) is 0 Å². The highest BCUT2D eigenvalue weighted by atomic mass is 79.9. The van der Waals surface area contributed by atoms with Crippen LogP contribution < -0.4 is 5.32 Å². The fourth-order valence-corrected chi connectivity index (χ4v) is 2.24. The quantitative estimate of drug-likeness (QED) is 0.740. The first-order valence-corrected chi connectivity index (χ1v) is 7.33. The minimum atomic E-state index is 0.307. The second-order valence-corrected chi connectivity index (χ2v) is 6.05. The van der Waals surface area contributed by atoms with E-state index in [1.54, 1.807) is 7.11 Å². The maximum absolute atomic E-state index is 5.05. The van der Waals surface area contributed by atoms with Crippen molar-refractivity contribution < 1.29 is 4.74 Å². The van der Waals surface area contributed by atoms with Crippen molar-refractivity contribution in [2.75, 3.05) is 26.8 Å². The van der Waals surface area contributed by atoms with Crippen molar-refractivity contribution in [1.82, 2.24) is 5.32 Å². The summed E-state index contributed by atoms with van der Waals surface area (Å²) < 4.78 is 6.20. The molecule has 1 unspecified atom stereocenters. The van der Waals surface area contributed by atoms with Gasteiger partial charge in [0.2, 0.25) is 0 Å². The fourth-order valence-electron chi connectivity index (χ4n) is 1.97. The van der Waals surface area contributed by atoms with Crippen LogP contribution in [0.15, 0.2) is 28.7 Å². The summed E-state index contributed by atoms with van der Waals surface area (Å²) in [5.74, 6) is 0. The molecule has 0 saturated heterocycles. The second kappa shape index (κ2) is 7.93. The Morgan fingerprint density at radius 1 is 1.28 bits per heavy atom. The van der Waals surface area contributed by atoms with Gasteiger partial charge in [-0.1, -0.05) is 41.9 Å². The predicted molar refractivity (Wildman–Crippen MR) is 81.0 cm³/mol. The van der Waals surface area contributed by atoms with Crippen LogP contribution in [0.1, 0.15) is 25.8 Å². The number of hydrogen-bond acceptors (Lipinski definition) is 2. The van der Waals surface area contributed by atoms with Gasteiger partial charge in [-0.15, -0.1) is 0 Å². The monoisotopic (exact) mass is 313 g/mol. The topological polar surface area (TPSA) is 21.3 Å². The van der Waals surface area contributed by atoms with Crippen molar-refractivity contribution in [3.05, 3.63) is 34.3 Å². The largest absolute Gasteiger partial charge is 0.383 e. The first-order chi connectivity index (χ1) is 8.59. The van der Waals surface area contributed by atoms with Gasteiger partial charge in [0.15, 0.2) is 0 Å². The Labute approximate surface area is 119 Å². The van der Waals surface area contributed by atoms with E-state index in [2.05, 4.69) is 59.4 Å². The Balaban J connectivity index is 2.50. The Morgan fingerprint density at radius 3 is 2.50 bits per heavy atom. The van der Waals surface area contributed by atoms with E-state index in [9.17, 15) is 0 Å². The molecule has 1 aromatic carbocycles. The van der Waals surface area contributed by atoms with Gasteiger partial charge in [-0.05, 0) is 36.0 Å². The van der Waals surface area contributed by atoms with Gasteiger partial charge in [0.25, 0.3) is 0 Å². The van der Waals surface area contributed by atoms with Crippen molar-refractivity contribution in [2.45, 2.75) is 26.7 Å². The third-order valence-corrected chi connectivity index (χ3v) is 3.96. The molecule has 18 heavy (non-hydrogen) atoms. The highest BCUT2D eigenvalue weighted by Gasteiger charge is 2.21. The number of benzene rings is 1. The zero-order valence-corrected chi connectivity index (χ0v) is 13.2. The van der Waals surface area contributed by atoms with Crippen molar-refractivity contribution in [1.29, 1.82) is 0 Å². The molecule has 102 valence electrons. The third-order valence-electron chi connectivity index (χ3n) is 3.43. The zero-order valence-electron chi connectivity index (χ0n) is 11.6. The Bertz CT molecular complexity index is 339. The summed E-state index contributed by atoms with van der Waals surface area (Å²) in [4.78, 5) is 0. The van der Waals surface area contributed by atoms with E-state index in [1.807, 2.05) is 0 Å². The summed E-state index contributed by atoms with van der Waals surface area (Å²) in [6, 6.07) is 8.63. The average Bonchev–Trinajstić information content (AvgIpc) is 2.38. The smallest absolute Gasteiger partial charge is 0.0587 e. The number of methoxy groups -OCH3 is 1. The summed E-state index contributed by atoms with van der Waals surface area (Å²) in [6.07, 6.45) is 2.28. The van der Waals surface area contributed by atoms with Crippen molar-refractivity contribution in [2.24, 2.45) is 5.41 Å². The highest BCUT2D eigenvalue weighted by molar-refractivity contribution is 9.10. The molecule has 1 rings (SSSR count). The van der Waals surface area contributed by atoms with Crippen LogP contribution in [0.5, 0.6) is 0 Å². The van der Waals surface area contributed by atoms with Gasteiger partial charge in [0, 0.05) is 24.7 Å². The number of halogens is 1. The number of ether oxygens (including phenoxy) is 1.